The van der Waals surface area contributed by atoms with Gasteiger partial charge in [-0.1, -0.05) is 36.4 Å². The average Bonchev–Trinajstić information content (AvgIpc) is 2.35. The van der Waals surface area contributed by atoms with Crippen LogP contribution in [-0.2, 0) is 4.84 Å². The third kappa shape index (κ3) is 2.75. The maximum atomic E-state index is 5.96. The van der Waals surface area contributed by atoms with Crippen molar-refractivity contribution in [2.24, 2.45) is 0 Å². The van der Waals surface area contributed by atoms with Gasteiger partial charge in [0.1, 0.15) is 0 Å². The van der Waals surface area contributed by atoms with E-state index in [2.05, 4.69) is 30.5 Å². The van der Waals surface area contributed by atoms with Crippen LogP contribution in [0.4, 0.5) is 0 Å². The number of hydroxylamine groups is 2. The van der Waals surface area contributed by atoms with Crippen molar-refractivity contribution in [2.75, 3.05) is 20.1 Å². The molecule has 17 heavy (non-hydrogen) atoms. The molecule has 0 saturated carbocycles. The fourth-order valence-corrected chi connectivity index (χ4v) is 2.10. The highest BCUT2D eigenvalue weighted by Gasteiger charge is 2.30. The van der Waals surface area contributed by atoms with E-state index in [1.807, 2.05) is 36.4 Å². The quantitative estimate of drug-likeness (QED) is 0.744. The Morgan fingerprint density at radius 2 is 2.12 bits per heavy atom. The van der Waals surface area contributed by atoms with Gasteiger partial charge < -0.3 is 0 Å². The molecule has 0 unspecified atom stereocenters. The van der Waals surface area contributed by atoms with Gasteiger partial charge in [-0.3, -0.25) is 9.74 Å². The second-order valence-corrected chi connectivity index (χ2v) is 4.51. The molecular weight excluding hydrogens is 212 g/mol. The Morgan fingerprint density at radius 3 is 2.76 bits per heavy atom. The van der Waals surface area contributed by atoms with Gasteiger partial charge in [-0.05, 0) is 12.5 Å². The van der Waals surface area contributed by atoms with Crippen molar-refractivity contribution in [1.82, 2.24) is 9.96 Å². The van der Waals surface area contributed by atoms with E-state index in [-0.39, 0.29) is 6.23 Å². The predicted molar refractivity (Wildman–Crippen MR) is 69.3 cm³/mol. The molecule has 3 nitrogen and oxygen atoms in total. The Morgan fingerprint density at radius 1 is 1.41 bits per heavy atom. The van der Waals surface area contributed by atoms with Crippen molar-refractivity contribution >= 4 is 0 Å². The molecule has 0 aliphatic carbocycles. The van der Waals surface area contributed by atoms with Crippen molar-refractivity contribution in [3.05, 3.63) is 48.6 Å². The normalized spacial score (nSPS) is 26.9. The van der Waals surface area contributed by atoms with Crippen LogP contribution in [0.25, 0.3) is 0 Å². The number of likely N-dealkylation sites (N-methyl/N-ethyl adjacent to an activating group) is 1. The first-order valence-corrected chi connectivity index (χ1v) is 6.02. The third-order valence-electron chi connectivity index (χ3n) is 3.17. The minimum absolute atomic E-state index is 0.00426. The van der Waals surface area contributed by atoms with Crippen LogP contribution in [0.3, 0.4) is 0 Å². The highest BCUT2D eigenvalue weighted by molar-refractivity contribution is 5.17. The van der Waals surface area contributed by atoms with E-state index in [1.54, 1.807) is 0 Å². The van der Waals surface area contributed by atoms with Gasteiger partial charge in [-0.25, -0.2) is 0 Å². The number of nitrogens with zero attached hydrogens (tertiary/aromatic N) is 2. The summed E-state index contributed by atoms with van der Waals surface area (Å²) in [6, 6.07) is 10.7. The summed E-state index contributed by atoms with van der Waals surface area (Å²) < 4.78 is 0. The number of benzene rings is 1. The lowest BCUT2D eigenvalue weighted by molar-refractivity contribution is -0.283. The molecule has 1 aromatic carbocycles. The molecule has 0 aromatic heterocycles. The van der Waals surface area contributed by atoms with Crippen LogP contribution < -0.4 is 0 Å². The third-order valence-corrected chi connectivity index (χ3v) is 3.17. The van der Waals surface area contributed by atoms with Gasteiger partial charge in [0.15, 0.2) is 6.23 Å². The molecule has 0 radical (unpaired) electrons. The lowest BCUT2D eigenvalue weighted by Gasteiger charge is -2.42. The van der Waals surface area contributed by atoms with E-state index >= 15 is 0 Å². The van der Waals surface area contributed by atoms with Gasteiger partial charge >= 0.3 is 0 Å². The summed E-state index contributed by atoms with van der Waals surface area (Å²) in [6.45, 7) is 7.81. The van der Waals surface area contributed by atoms with E-state index in [4.69, 9.17) is 4.84 Å². The number of hydrogen-bond donors (Lipinski definition) is 0. The molecule has 2 rings (SSSR count). The first kappa shape index (κ1) is 12.3. The first-order chi connectivity index (χ1) is 8.22. The summed E-state index contributed by atoms with van der Waals surface area (Å²) in [7, 11) is 1.99. The van der Waals surface area contributed by atoms with Crippen LogP contribution in [0.5, 0.6) is 0 Å². The zero-order chi connectivity index (χ0) is 12.3. The summed E-state index contributed by atoms with van der Waals surface area (Å²) in [5.74, 6) is 0. The largest absolute Gasteiger partial charge is 0.275 e. The number of rotatable bonds is 3. The molecule has 1 aliphatic heterocycles. The van der Waals surface area contributed by atoms with Crippen LogP contribution in [-0.4, -0.2) is 36.1 Å². The van der Waals surface area contributed by atoms with Gasteiger partial charge in [-0.15, -0.1) is 6.58 Å². The van der Waals surface area contributed by atoms with E-state index in [1.165, 1.54) is 5.56 Å². The van der Waals surface area contributed by atoms with E-state index < -0.39 is 0 Å². The SMILES string of the molecule is C=CCN1C[C@H](C)N(C)O[C@H]1c1ccccc1. The molecule has 0 N–H and O–H groups in total. The van der Waals surface area contributed by atoms with Gasteiger partial charge in [0.25, 0.3) is 0 Å². The molecule has 1 fully saturated rings. The molecule has 1 aromatic rings. The molecule has 3 heteroatoms. The van der Waals surface area contributed by atoms with E-state index in [0.717, 1.165) is 13.1 Å². The lowest BCUT2D eigenvalue weighted by atomic mass is 10.1. The minimum Gasteiger partial charge on any atom is -0.275 e. The smallest absolute Gasteiger partial charge is 0.158 e. The maximum Gasteiger partial charge on any atom is 0.158 e. The molecule has 0 amide bonds. The van der Waals surface area contributed by atoms with Gasteiger partial charge in [-0.2, -0.15) is 5.06 Å². The summed E-state index contributed by atoms with van der Waals surface area (Å²) in [6.07, 6.45) is 1.92. The standard InChI is InChI=1S/C14H20N2O/c1-4-10-16-11-12(2)15(3)17-14(16)13-8-6-5-7-9-13/h4-9,12,14H,1,10-11H2,2-3H3/t12-,14-/m0/s1. The number of hydrogen-bond acceptors (Lipinski definition) is 3. The molecule has 92 valence electrons. The average molecular weight is 232 g/mol. The first-order valence-electron chi connectivity index (χ1n) is 6.02. The molecule has 0 bridgehead atoms. The predicted octanol–water partition coefficient (Wildman–Crippen LogP) is 2.44. The van der Waals surface area contributed by atoms with E-state index in [0.29, 0.717) is 6.04 Å². The monoisotopic (exact) mass is 232 g/mol. The van der Waals surface area contributed by atoms with Crippen molar-refractivity contribution in [3.63, 3.8) is 0 Å². The Hall–Kier alpha value is -1.16. The zero-order valence-electron chi connectivity index (χ0n) is 10.5. The topological polar surface area (TPSA) is 15.7 Å². The van der Waals surface area contributed by atoms with Crippen LogP contribution >= 0.6 is 0 Å². The minimum atomic E-state index is -0.00426. The second-order valence-electron chi connectivity index (χ2n) is 4.51. The molecule has 2 atom stereocenters. The van der Waals surface area contributed by atoms with Crippen LogP contribution in [0.15, 0.2) is 43.0 Å². The summed E-state index contributed by atoms with van der Waals surface area (Å²) >= 11 is 0. The van der Waals surface area contributed by atoms with Crippen LogP contribution in [0, 0.1) is 0 Å². The summed E-state index contributed by atoms with van der Waals surface area (Å²) in [5.41, 5.74) is 1.19. The molecule has 1 heterocycles. The lowest BCUT2D eigenvalue weighted by Crippen LogP contribution is -2.50. The second kappa shape index (κ2) is 5.45. The summed E-state index contributed by atoms with van der Waals surface area (Å²) in [5, 5.41) is 1.94. The Kier molecular flexibility index (Phi) is 3.94. The van der Waals surface area contributed by atoms with Gasteiger partial charge in [0.2, 0.25) is 0 Å². The van der Waals surface area contributed by atoms with Crippen molar-refractivity contribution in [2.45, 2.75) is 19.2 Å². The molecule has 0 spiro atoms. The highest BCUT2D eigenvalue weighted by Crippen LogP contribution is 2.28. The van der Waals surface area contributed by atoms with Gasteiger partial charge in [0.05, 0.1) is 0 Å². The maximum absolute atomic E-state index is 5.96. The Balaban J connectivity index is 2.20. The Bertz CT molecular complexity index is 366. The van der Waals surface area contributed by atoms with E-state index in [9.17, 15) is 0 Å². The molecule has 1 aliphatic rings. The molecule has 1 saturated heterocycles. The van der Waals surface area contributed by atoms with Crippen LogP contribution in [0.2, 0.25) is 0 Å². The summed E-state index contributed by atoms with van der Waals surface area (Å²) in [4.78, 5) is 8.26. The molecular formula is C14H20N2O. The van der Waals surface area contributed by atoms with Crippen molar-refractivity contribution in [3.8, 4) is 0 Å². The fourth-order valence-electron chi connectivity index (χ4n) is 2.10. The zero-order valence-corrected chi connectivity index (χ0v) is 10.5. The van der Waals surface area contributed by atoms with Crippen LogP contribution in [0.1, 0.15) is 18.7 Å². The van der Waals surface area contributed by atoms with Crippen molar-refractivity contribution < 1.29 is 4.84 Å². The van der Waals surface area contributed by atoms with Crippen molar-refractivity contribution in [1.29, 1.82) is 0 Å². The highest BCUT2D eigenvalue weighted by atomic mass is 16.7. The van der Waals surface area contributed by atoms with Gasteiger partial charge in [0, 0.05) is 26.2 Å². The fraction of sp³-hybridized carbons (Fsp3) is 0.429. The Labute approximate surface area is 103 Å².